The maximum atomic E-state index is 12.9. The van der Waals surface area contributed by atoms with E-state index in [4.69, 9.17) is 18.9 Å². The number of carbonyl (C=O) groups excluding carboxylic acids is 1. The Morgan fingerprint density at radius 3 is 2.19 bits per heavy atom. The summed E-state index contributed by atoms with van der Waals surface area (Å²) in [4.78, 5) is 17.5. The van der Waals surface area contributed by atoms with Crippen molar-refractivity contribution < 1.29 is 23.7 Å². The van der Waals surface area contributed by atoms with Crippen molar-refractivity contribution in [3.05, 3.63) is 77.5 Å². The first-order valence-electron chi connectivity index (χ1n) is 11.7. The van der Waals surface area contributed by atoms with Crippen LogP contribution in [0.4, 0.5) is 5.69 Å². The van der Waals surface area contributed by atoms with Crippen LogP contribution in [0.5, 0.6) is 23.0 Å². The van der Waals surface area contributed by atoms with Gasteiger partial charge in [0.05, 0.1) is 28.4 Å². The SMILES string of the molecule is COc1ccc(/C=C\c2cc(OC)c(OC)c(OC)c2)cc1N=CCC(=O)c1cn(C)c2ccccc12. The fraction of sp³-hybridized carbons (Fsp3) is 0.200. The van der Waals surface area contributed by atoms with Gasteiger partial charge in [-0.3, -0.25) is 9.79 Å². The Balaban J connectivity index is 1.54. The normalized spacial score (nSPS) is 11.4. The van der Waals surface area contributed by atoms with Crippen LogP contribution < -0.4 is 18.9 Å². The van der Waals surface area contributed by atoms with Crippen LogP contribution in [0.25, 0.3) is 23.1 Å². The average Bonchev–Trinajstić information content (AvgIpc) is 3.27. The molecule has 0 spiro atoms. The third kappa shape index (κ3) is 5.51. The number of hydrogen-bond donors (Lipinski definition) is 0. The summed E-state index contributed by atoms with van der Waals surface area (Å²) >= 11 is 0. The second-order valence-corrected chi connectivity index (χ2v) is 8.33. The van der Waals surface area contributed by atoms with Crippen LogP contribution in [-0.4, -0.2) is 45.0 Å². The summed E-state index contributed by atoms with van der Waals surface area (Å²) in [6.07, 6.45) is 7.59. The lowest BCUT2D eigenvalue weighted by Gasteiger charge is -2.12. The lowest BCUT2D eigenvalue weighted by atomic mass is 10.1. The van der Waals surface area contributed by atoms with Gasteiger partial charge in [-0.25, -0.2) is 0 Å². The molecule has 0 saturated carbocycles. The Morgan fingerprint density at radius 2 is 1.51 bits per heavy atom. The summed E-state index contributed by atoms with van der Waals surface area (Å²) in [7, 11) is 8.29. The van der Waals surface area contributed by atoms with Gasteiger partial charge in [-0.2, -0.15) is 0 Å². The zero-order chi connectivity index (χ0) is 26.4. The monoisotopic (exact) mass is 498 g/mol. The molecule has 0 amide bonds. The molecule has 0 aliphatic rings. The van der Waals surface area contributed by atoms with Crippen LogP contribution in [-0.2, 0) is 7.05 Å². The Hall–Kier alpha value is -4.52. The molecule has 7 heteroatoms. The van der Waals surface area contributed by atoms with Crippen molar-refractivity contribution in [3.8, 4) is 23.0 Å². The number of aliphatic imine (C=N–C) groups is 1. The predicted octanol–water partition coefficient (Wildman–Crippen LogP) is 6.36. The fourth-order valence-corrected chi connectivity index (χ4v) is 4.20. The van der Waals surface area contributed by atoms with E-state index in [0.717, 1.165) is 22.0 Å². The lowest BCUT2D eigenvalue weighted by molar-refractivity contribution is 0.100. The van der Waals surface area contributed by atoms with Gasteiger partial charge >= 0.3 is 0 Å². The number of methoxy groups -OCH3 is 4. The quantitative estimate of drug-likeness (QED) is 0.145. The maximum absolute atomic E-state index is 12.9. The molecule has 4 rings (SSSR count). The van der Waals surface area contributed by atoms with E-state index in [1.807, 2.05) is 84.6 Å². The molecule has 3 aromatic carbocycles. The number of ketones is 1. The highest BCUT2D eigenvalue weighted by Crippen LogP contribution is 2.38. The van der Waals surface area contributed by atoms with Crippen LogP contribution in [0.15, 0.2) is 65.8 Å². The Bertz CT molecular complexity index is 1460. The summed E-state index contributed by atoms with van der Waals surface area (Å²) in [5.41, 5.74) is 4.16. The number of aromatic nitrogens is 1. The number of hydrogen-bond acceptors (Lipinski definition) is 6. The standard InChI is InChI=1S/C30H30N2O5/c1-32-19-23(22-8-6-7-9-25(22)32)26(33)14-15-31-24-16-20(12-13-27(24)34-2)10-11-21-17-28(35-3)30(37-5)29(18-21)36-4/h6-13,15-19H,14H2,1-5H3/b11-10-,31-15?. The van der Waals surface area contributed by atoms with Gasteiger partial charge in [0, 0.05) is 42.3 Å². The number of para-hydroxylation sites is 1. The Morgan fingerprint density at radius 1 is 0.838 bits per heavy atom. The van der Waals surface area contributed by atoms with Gasteiger partial charge in [0.25, 0.3) is 0 Å². The molecular formula is C30H30N2O5. The summed E-state index contributed by atoms with van der Waals surface area (Å²) < 4.78 is 23.7. The molecule has 190 valence electrons. The number of fused-ring (bicyclic) bond motifs is 1. The largest absolute Gasteiger partial charge is 0.494 e. The molecule has 0 N–H and O–H groups in total. The van der Waals surface area contributed by atoms with Crippen molar-refractivity contribution in [1.82, 2.24) is 4.57 Å². The van der Waals surface area contributed by atoms with Crippen LogP contribution >= 0.6 is 0 Å². The molecule has 7 nitrogen and oxygen atoms in total. The van der Waals surface area contributed by atoms with Gasteiger partial charge in [-0.1, -0.05) is 36.4 Å². The molecule has 0 aliphatic carbocycles. The topological polar surface area (TPSA) is 71.3 Å². The van der Waals surface area contributed by atoms with E-state index in [2.05, 4.69) is 4.99 Å². The molecule has 0 unspecified atom stereocenters. The molecule has 37 heavy (non-hydrogen) atoms. The fourth-order valence-electron chi connectivity index (χ4n) is 4.20. The van der Waals surface area contributed by atoms with Gasteiger partial charge in [0.15, 0.2) is 17.3 Å². The molecule has 0 radical (unpaired) electrons. The van der Waals surface area contributed by atoms with Crippen molar-refractivity contribution in [1.29, 1.82) is 0 Å². The number of carbonyl (C=O) groups is 1. The Kier molecular flexibility index (Phi) is 7.93. The lowest BCUT2D eigenvalue weighted by Crippen LogP contribution is -1.98. The van der Waals surface area contributed by atoms with Crippen LogP contribution in [0.3, 0.4) is 0 Å². The molecule has 0 atom stereocenters. The molecule has 4 aromatic rings. The first-order valence-corrected chi connectivity index (χ1v) is 11.7. The second-order valence-electron chi connectivity index (χ2n) is 8.33. The maximum Gasteiger partial charge on any atom is 0.203 e. The van der Waals surface area contributed by atoms with E-state index in [9.17, 15) is 4.79 Å². The third-order valence-electron chi connectivity index (χ3n) is 6.06. The smallest absolute Gasteiger partial charge is 0.203 e. The number of Topliss-reactive ketones (excluding diaryl/α,β-unsaturated/α-hetero) is 1. The number of benzene rings is 3. The van der Waals surface area contributed by atoms with Crippen molar-refractivity contribution in [2.45, 2.75) is 6.42 Å². The Labute approximate surface area is 216 Å². The summed E-state index contributed by atoms with van der Waals surface area (Å²) in [5, 5.41) is 0.944. The minimum absolute atomic E-state index is 0.0120. The van der Waals surface area contributed by atoms with Crippen LogP contribution in [0.1, 0.15) is 27.9 Å². The van der Waals surface area contributed by atoms with Gasteiger partial charge in [-0.15, -0.1) is 0 Å². The molecule has 0 saturated heterocycles. The van der Waals surface area contributed by atoms with E-state index in [-0.39, 0.29) is 12.2 Å². The first-order chi connectivity index (χ1) is 18.0. The summed E-state index contributed by atoms with van der Waals surface area (Å²) in [6, 6.07) is 17.3. The van der Waals surface area contributed by atoms with E-state index in [0.29, 0.717) is 34.2 Å². The van der Waals surface area contributed by atoms with E-state index in [1.165, 1.54) is 0 Å². The van der Waals surface area contributed by atoms with Crippen molar-refractivity contribution in [2.24, 2.45) is 12.0 Å². The van der Waals surface area contributed by atoms with Crippen LogP contribution in [0.2, 0.25) is 0 Å². The molecule has 0 bridgehead atoms. The molecule has 1 heterocycles. The van der Waals surface area contributed by atoms with E-state index < -0.39 is 0 Å². The summed E-state index contributed by atoms with van der Waals surface area (Å²) in [6.45, 7) is 0. The summed E-state index contributed by atoms with van der Waals surface area (Å²) in [5.74, 6) is 2.34. The molecule has 0 aliphatic heterocycles. The second kappa shape index (κ2) is 11.5. The predicted molar refractivity (Wildman–Crippen MR) is 148 cm³/mol. The van der Waals surface area contributed by atoms with Crippen molar-refractivity contribution in [3.63, 3.8) is 0 Å². The van der Waals surface area contributed by atoms with Gasteiger partial charge in [-0.05, 0) is 41.5 Å². The minimum atomic E-state index is 0.0120. The highest BCUT2D eigenvalue weighted by Gasteiger charge is 2.13. The number of ether oxygens (including phenoxy) is 4. The van der Waals surface area contributed by atoms with E-state index >= 15 is 0 Å². The van der Waals surface area contributed by atoms with E-state index in [1.54, 1.807) is 34.7 Å². The average molecular weight is 499 g/mol. The van der Waals surface area contributed by atoms with Crippen molar-refractivity contribution in [2.75, 3.05) is 28.4 Å². The number of rotatable bonds is 10. The zero-order valence-electron chi connectivity index (χ0n) is 21.6. The number of aryl methyl sites for hydroxylation is 1. The highest BCUT2D eigenvalue weighted by molar-refractivity contribution is 6.12. The minimum Gasteiger partial charge on any atom is -0.494 e. The third-order valence-corrected chi connectivity index (χ3v) is 6.06. The van der Waals surface area contributed by atoms with Gasteiger partial charge < -0.3 is 23.5 Å². The number of nitrogens with zero attached hydrogens (tertiary/aromatic N) is 2. The van der Waals surface area contributed by atoms with Crippen molar-refractivity contribution >= 4 is 40.7 Å². The first kappa shape index (κ1) is 25.6. The molecule has 1 aromatic heterocycles. The highest BCUT2D eigenvalue weighted by atomic mass is 16.5. The molecule has 0 fully saturated rings. The molecular weight excluding hydrogens is 468 g/mol. The van der Waals surface area contributed by atoms with Gasteiger partial charge in [0.2, 0.25) is 5.75 Å². The van der Waals surface area contributed by atoms with Crippen LogP contribution in [0, 0.1) is 0 Å². The van der Waals surface area contributed by atoms with Gasteiger partial charge in [0.1, 0.15) is 11.4 Å². The zero-order valence-corrected chi connectivity index (χ0v) is 21.6.